The van der Waals surface area contributed by atoms with Gasteiger partial charge in [0.25, 0.3) is 0 Å². The second-order valence-electron chi connectivity index (χ2n) is 6.28. The molecule has 1 saturated heterocycles. The number of phenolic OH excluding ortho intramolecular Hbond substituents is 1. The smallest absolute Gasteiger partial charge is 0.311 e. The molecule has 2 rings (SSSR count). The van der Waals surface area contributed by atoms with E-state index in [9.17, 15) is 15.2 Å². The van der Waals surface area contributed by atoms with Crippen molar-refractivity contribution in [2.24, 2.45) is 5.92 Å². The van der Waals surface area contributed by atoms with Gasteiger partial charge in [-0.2, -0.15) is 0 Å². The Bertz CT molecular complexity index is 513. The zero-order valence-corrected chi connectivity index (χ0v) is 13.3. The minimum Gasteiger partial charge on any atom is -0.502 e. The van der Waals surface area contributed by atoms with E-state index in [2.05, 4.69) is 24.1 Å². The molecule has 6 nitrogen and oxygen atoms in total. The van der Waals surface area contributed by atoms with Gasteiger partial charge in [-0.05, 0) is 30.4 Å². The van der Waals surface area contributed by atoms with Crippen LogP contribution in [-0.2, 0) is 0 Å². The average molecular weight is 307 g/mol. The van der Waals surface area contributed by atoms with E-state index in [0.717, 1.165) is 44.6 Å². The summed E-state index contributed by atoms with van der Waals surface area (Å²) in [4.78, 5) is 12.9. The largest absolute Gasteiger partial charge is 0.502 e. The quantitative estimate of drug-likeness (QED) is 0.624. The van der Waals surface area contributed by atoms with Crippen LogP contribution in [0.1, 0.15) is 38.3 Å². The van der Waals surface area contributed by atoms with Crippen molar-refractivity contribution in [2.45, 2.75) is 32.7 Å². The van der Waals surface area contributed by atoms with Gasteiger partial charge in [0, 0.05) is 38.3 Å². The van der Waals surface area contributed by atoms with Crippen LogP contribution in [0.5, 0.6) is 5.75 Å². The molecule has 0 aliphatic carbocycles. The van der Waals surface area contributed by atoms with Crippen LogP contribution in [0.2, 0.25) is 0 Å². The van der Waals surface area contributed by atoms with Gasteiger partial charge in [0.05, 0.1) is 4.92 Å². The zero-order chi connectivity index (χ0) is 16.1. The fourth-order valence-electron chi connectivity index (χ4n) is 2.94. The van der Waals surface area contributed by atoms with Gasteiger partial charge < -0.3 is 10.4 Å². The van der Waals surface area contributed by atoms with Crippen molar-refractivity contribution in [1.29, 1.82) is 0 Å². The topological polar surface area (TPSA) is 78.6 Å². The van der Waals surface area contributed by atoms with Crippen LogP contribution in [0.3, 0.4) is 0 Å². The molecular formula is C16H25N3O3. The first-order valence-corrected chi connectivity index (χ1v) is 7.91. The highest BCUT2D eigenvalue weighted by Crippen LogP contribution is 2.34. The maximum Gasteiger partial charge on any atom is 0.311 e. The minimum absolute atomic E-state index is 0.170. The molecule has 122 valence electrons. The second-order valence-corrected chi connectivity index (χ2v) is 6.28. The van der Waals surface area contributed by atoms with Crippen molar-refractivity contribution in [3.63, 3.8) is 0 Å². The molecule has 0 radical (unpaired) electrons. The third-order valence-corrected chi connectivity index (χ3v) is 4.19. The molecule has 0 aromatic heterocycles. The molecular weight excluding hydrogens is 282 g/mol. The monoisotopic (exact) mass is 307 g/mol. The van der Waals surface area contributed by atoms with Gasteiger partial charge in [-0.1, -0.05) is 19.9 Å². The van der Waals surface area contributed by atoms with E-state index in [1.807, 2.05) is 6.07 Å². The number of phenols is 1. The van der Waals surface area contributed by atoms with Gasteiger partial charge in [0.2, 0.25) is 0 Å². The minimum atomic E-state index is -0.518. The predicted octanol–water partition coefficient (Wildman–Crippen LogP) is 2.68. The predicted molar refractivity (Wildman–Crippen MR) is 86.0 cm³/mol. The summed E-state index contributed by atoms with van der Waals surface area (Å²) in [7, 11) is 0. The molecule has 1 aromatic carbocycles. The van der Waals surface area contributed by atoms with Crippen LogP contribution < -0.4 is 5.32 Å². The van der Waals surface area contributed by atoms with Gasteiger partial charge in [-0.15, -0.1) is 0 Å². The number of nitro groups is 1. The molecule has 1 aliphatic heterocycles. The molecule has 1 aliphatic rings. The third kappa shape index (κ3) is 4.18. The SMILES string of the molecule is CC(C)CC[C@H](c1ccc(O)c([N+](=O)[O-])c1)N1CCNCC1. The Morgan fingerprint density at radius 2 is 2.00 bits per heavy atom. The average Bonchev–Trinajstić information content (AvgIpc) is 2.49. The lowest BCUT2D eigenvalue weighted by molar-refractivity contribution is -0.386. The number of hydrogen-bond donors (Lipinski definition) is 2. The first-order valence-electron chi connectivity index (χ1n) is 7.91. The van der Waals surface area contributed by atoms with E-state index in [0.29, 0.717) is 5.92 Å². The molecule has 0 bridgehead atoms. The van der Waals surface area contributed by atoms with Crippen molar-refractivity contribution in [1.82, 2.24) is 10.2 Å². The number of piperazine rings is 1. The number of aromatic hydroxyl groups is 1. The van der Waals surface area contributed by atoms with Gasteiger partial charge in [0.1, 0.15) is 0 Å². The molecule has 0 spiro atoms. The Morgan fingerprint density at radius 3 is 2.59 bits per heavy atom. The standard InChI is InChI=1S/C16H25N3O3/c1-12(2)3-5-14(18-9-7-17-8-10-18)13-4-6-16(20)15(11-13)19(21)22/h4,6,11-12,14,17,20H,3,5,7-10H2,1-2H3/t14-/m1/s1. The maximum atomic E-state index is 11.1. The van der Waals surface area contributed by atoms with Gasteiger partial charge in [-0.25, -0.2) is 0 Å². The number of nitrogens with one attached hydrogen (secondary N) is 1. The normalized spacial score (nSPS) is 17.6. The molecule has 1 heterocycles. The van der Waals surface area contributed by atoms with Gasteiger partial charge >= 0.3 is 5.69 Å². The Morgan fingerprint density at radius 1 is 1.32 bits per heavy atom. The molecule has 1 atom stereocenters. The van der Waals surface area contributed by atoms with E-state index < -0.39 is 4.92 Å². The fraction of sp³-hybridized carbons (Fsp3) is 0.625. The number of hydrogen-bond acceptors (Lipinski definition) is 5. The third-order valence-electron chi connectivity index (χ3n) is 4.19. The van der Waals surface area contributed by atoms with E-state index >= 15 is 0 Å². The first-order chi connectivity index (χ1) is 10.5. The fourth-order valence-corrected chi connectivity index (χ4v) is 2.94. The lowest BCUT2D eigenvalue weighted by Gasteiger charge is -2.35. The van der Waals surface area contributed by atoms with Gasteiger partial charge in [-0.3, -0.25) is 15.0 Å². The molecule has 1 fully saturated rings. The Kier molecular flexibility index (Phi) is 5.74. The highest BCUT2D eigenvalue weighted by molar-refractivity contribution is 5.48. The lowest BCUT2D eigenvalue weighted by atomic mass is 9.95. The van der Waals surface area contributed by atoms with Crippen molar-refractivity contribution in [3.05, 3.63) is 33.9 Å². The van der Waals surface area contributed by atoms with Crippen LogP contribution in [-0.4, -0.2) is 41.1 Å². The number of rotatable bonds is 6. The van der Waals surface area contributed by atoms with E-state index in [4.69, 9.17) is 0 Å². The molecule has 0 unspecified atom stereocenters. The molecule has 1 aromatic rings. The second kappa shape index (κ2) is 7.56. The van der Waals surface area contributed by atoms with Gasteiger partial charge in [0.15, 0.2) is 5.75 Å². The molecule has 22 heavy (non-hydrogen) atoms. The number of benzene rings is 1. The highest BCUT2D eigenvalue weighted by atomic mass is 16.6. The maximum absolute atomic E-state index is 11.1. The van der Waals surface area contributed by atoms with E-state index in [-0.39, 0.29) is 17.5 Å². The summed E-state index contributed by atoms with van der Waals surface area (Å²) in [5.74, 6) is 0.328. The first kappa shape index (κ1) is 16.7. The van der Waals surface area contributed by atoms with Crippen LogP contribution in [0, 0.1) is 16.0 Å². The Labute approximate surface area is 131 Å². The summed E-state index contributed by atoms with van der Waals surface area (Å²) < 4.78 is 0. The lowest BCUT2D eigenvalue weighted by Crippen LogP contribution is -2.45. The summed E-state index contributed by atoms with van der Waals surface area (Å²) in [5, 5.41) is 24.0. The van der Waals surface area contributed by atoms with Crippen LogP contribution in [0.15, 0.2) is 18.2 Å². The Balaban J connectivity index is 2.26. The summed E-state index contributed by atoms with van der Waals surface area (Å²) in [6.07, 6.45) is 2.04. The van der Waals surface area contributed by atoms with Crippen LogP contribution in [0.25, 0.3) is 0 Å². The van der Waals surface area contributed by atoms with Crippen molar-refractivity contribution in [3.8, 4) is 5.75 Å². The molecule has 2 N–H and O–H groups in total. The summed E-state index contributed by atoms with van der Waals surface area (Å²) in [5.41, 5.74) is 0.717. The summed E-state index contributed by atoms with van der Waals surface area (Å²) in [6, 6.07) is 4.96. The number of nitro benzene ring substituents is 1. The van der Waals surface area contributed by atoms with Crippen LogP contribution >= 0.6 is 0 Å². The summed E-state index contributed by atoms with van der Waals surface area (Å²) >= 11 is 0. The molecule has 0 amide bonds. The van der Waals surface area contributed by atoms with Crippen molar-refractivity contribution >= 4 is 5.69 Å². The Hall–Kier alpha value is -1.66. The molecule has 6 heteroatoms. The van der Waals surface area contributed by atoms with Crippen LogP contribution in [0.4, 0.5) is 5.69 Å². The highest BCUT2D eigenvalue weighted by Gasteiger charge is 2.25. The molecule has 0 saturated carbocycles. The van der Waals surface area contributed by atoms with Crippen molar-refractivity contribution < 1.29 is 10.0 Å². The van der Waals surface area contributed by atoms with Crippen molar-refractivity contribution in [2.75, 3.05) is 26.2 Å². The van der Waals surface area contributed by atoms with E-state index in [1.54, 1.807) is 0 Å². The van der Waals surface area contributed by atoms with E-state index in [1.165, 1.54) is 12.1 Å². The zero-order valence-electron chi connectivity index (χ0n) is 13.3. The summed E-state index contributed by atoms with van der Waals surface area (Å²) in [6.45, 7) is 8.15. The number of nitrogens with zero attached hydrogens (tertiary/aromatic N) is 2.